The normalized spacial score (nSPS) is 12.1. The summed E-state index contributed by atoms with van der Waals surface area (Å²) in [6, 6.07) is 14.2. The Morgan fingerprint density at radius 2 is 1.62 bits per heavy atom. The first-order chi connectivity index (χ1) is 15.2. The number of hydrogen-bond acceptors (Lipinski definition) is 7. The Hall–Kier alpha value is -2.78. The van der Waals surface area contributed by atoms with Crippen molar-refractivity contribution in [1.29, 1.82) is 0 Å². The smallest absolute Gasteiger partial charge is 0.296 e. The quantitative estimate of drug-likeness (QED) is 0.396. The molecule has 2 aromatic carbocycles. The van der Waals surface area contributed by atoms with E-state index in [9.17, 15) is 8.42 Å². The van der Waals surface area contributed by atoms with Gasteiger partial charge in [-0.2, -0.15) is 13.2 Å². The molecule has 0 aliphatic heterocycles. The van der Waals surface area contributed by atoms with Crippen LogP contribution in [0.5, 0.6) is 5.75 Å². The Kier molecular flexibility index (Phi) is 7.63. The predicted molar refractivity (Wildman–Crippen MR) is 122 cm³/mol. The van der Waals surface area contributed by atoms with Crippen LogP contribution in [0.2, 0.25) is 0 Å². The number of aromatic nitrogens is 4. The summed E-state index contributed by atoms with van der Waals surface area (Å²) in [5, 5.41) is 12.3. The third-order valence-electron chi connectivity index (χ3n) is 5.22. The summed E-state index contributed by atoms with van der Waals surface area (Å²) in [5.74, 6) is 1.34. The number of hydrogen-bond donors (Lipinski definition) is 0. The first-order valence-corrected chi connectivity index (χ1v) is 12.1. The molecular weight excluding hydrogens is 428 g/mol. The zero-order valence-electron chi connectivity index (χ0n) is 19.0. The number of aryl methyl sites for hydroxylation is 2. The second-order valence-corrected chi connectivity index (χ2v) is 10.0. The summed E-state index contributed by atoms with van der Waals surface area (Å²) in [6.45, 7) is 9.33. The molecular formula is C23H30N4O4S. The summed E-state index contributed by atoms with van der Waals surface area (Å²) in [6.07, 6.45) is 1.36. The number of ether oxygens (including phenoxy) is 1. The van der Waals surface area contributed by atoms with Gasteiger partial charge < -0.3 is 4.74 Å². The molecule has 8 nitrogen and oxygen atoms in total. The fourth-order valence-corrected chi connectivity index (χ4v) is 3.87. The van der Waals surface area contributed by atoms with E-state index in [-0.39, 0.29) is 16.9 Å². The van der Waals surface area contributed by atoms with E-state index in [0.717, 1.165) is 23.3 Å². The van der Waals surface area contributed by atoms with Crippen molar-refractivity contribution in [3.8, 4) is 17.1 Å². The maximum absolute atomic E-state index is 12.3. The SMILES string of the molecule is CCn1nnc(-c2ccc(OCCC(C)(C)CCOS(=O)(=O)c3ccc(C)cc3)cc2)n1. The minimum Gasteiger partial charge on any atom is -0.494 e. The summed E-state index contributed by atoms with van der Waals surface area (Å²) < 4.78 is 35.7. The van der Waals surface area contributed by atoms with E-state index in [2.05, 4.69) is 29.3 Å². The molecule has 0 saturated heterocycles. The molecule has 0 N–H and O–H groups in total. The van der Waals surface area contributed by atoms with Crippen molar-refractivity contribution in [3.63, 3.8) is 0 Å². The molecule has 3 aromatic rings. The van der Waals surface area contributed by atoms with Crippen LogP contribution in [0.1, 0.15) is 39.2 Å². The van der Waals surface area contributed by atoms with E-state index in [4.69, 9.17) is 8.92 Å². The lowest BCUT2D eigenvalue weighted by Crippen LogP contribution is -2.19. The van der Waals surface area contributed by atoms with E-state index in [0.29, 0.717) is 25.4 Å². The molecule has 9 heteroatoms. The van der Waals surface area contributed by atoms with Crippen LogP contribution in [0.4, 0.5) is 0 Å². The first kappa shape index (κ1) is 23.9. The lowest BCUT2D eigenvalue weighted by atomic mass is 9.86. The third-order valence-corrected chi connectivity index (χ3v) is 6.55. The number of nitrogens with zero attached hydrogens (tertiary/aromatic N) is 4. The molecule has 0 saturated carbocycles. The highest BCUT2D eigenvalue weighted by Gasteiger charge is 2.21. The molecule has 0 amide bonds. The van der Waals surface area contributed by atoms with E-state index in [1.54, 1.807) is 24.3 Å². The van der Waals surface area contributed by atoms with Gasteiger partial charge in [-0.25, -0.2) is 0 Å². The van der Waals surface area contributed by atoms with Gasteiger partial charge in [0.15, 0.2) is 0 Å². The minimum absolute atomic E-state index is 0.128. The van der Waals surface area contributed by atoms with Gasteiger partial charge in [-0.15, -0.1) is 10.2 Å². The van der Waals surface area contributed by atoms with Gasteiger partial charge in [-0.1, -0.05) is 31.5 Å². The highest BCUT2D eigenvalue weighted by molar-refractivity contribution is 7.86. The second kappa shape index (κ2) is 10.2. The number of rotatable bonds is 11. The van der Waals surface area contributed by atoms with Gasteiger partial charge in [0.2, 0.25) is 5.82 Å². The zero-order valence-corrected chi connectivity index (χ0v) is 19.8. The van der Waals surface area contributed by atoms with Gasteiger partial charge in [0.25, 0.3) is 10.1 Å². The van der Waals surface area contributed by atoms with E-state index in [1.807, 2.05) is 38.1 Å². The predicted octanol–water partition coefficient (Wildman–Crippen LogP) is 4.26. The molecule has 0 spiro atoms. The van der Waals surface area contributed by atoms with E-state index < -0.39 is 10.1 Å². The van der Waals surface area contributed by atoms with Crippen LogP contribution in [0.3, 0.4) is 0 Å². The van der Waals surface area contributed by atoms with Gasteiger partial charge in [0.05, 0.1) is 24.7 Å². The van der Waals surface area contributed by atoms with Crippen molar-refractivity contribution in [1.82, 2.24) is 20.2 Å². The maximum atomic E-state index is 12.3. The van der Waals surface area contributed by atoms with Crippen molar-refractivity contribution in [2.24, 2.45) is 5.41 Å². The van der Waals surface area contributed by atoms with Crippen LogP contribution in [0.15, 0.2) is 53.4 Å². The Bertz CT molecular complexity index is 1110. The van der Waals surface area contributed by atoms with Crippen LogP contribution in [0.25, 0.3) is 11.4 Å². The molecule has 0 radical (unpaired) electrons. The number of tetrazole rings is 1. The summed E-state index contributed by atoms with van der Waals surface area (Å²) >= 11 is 0. The molecule has 0 unspecified atom stereocenters. The second-order valence-electron chi connectivity index (χ2n) is 8.43. The molecule has 0 aliphatic carbocycles. The zero-order chi connectivity index (χ0) is 23.2. The van der Waals surface area contributed by atoms with Crippen LogP contribution in [0, 0.1) is 12.3 Å². The molecule has 172 valence electrons. The van der Waals surface area contributed by atoms with Gasteiger partial charge >= 0.3 is 0 Å². The van der Waals surface area contributed by atoms with Crippen molar-refractivity contribution in [2.75, 3.05) is 13.2 Å². The van der Waals surface area contributed by atoms with Crippen LogP contribution >= 0.6 is 0 Å². The van der Waals surface area contributed by atoms with Crippen LogP contribution < -0.4 is 4.74 Å². The van der Waals surface area contributed by atoms with Gasteiger partial charge in [-0.3, -0.25) is 4.18 Å². The minimum atomic E-state index is -3.74. The molecule has 0 aliphatic rings. The van der Waals surface area contributed by atoms with Gasteiger partial charge in [-0.05, 0) is 73.7 Å². The van der Waals surface area contributed by atoms with Gasteiger partial charge in [0, 0.05) is 5.56 Å². The van der Waals surface area contributed by atoms with Crippen LogP contribution in [-0.2, 0) is 20.8 Å². The lowest BCUT2D eigenvalue weighted by molar-refractivity contribution is 0.184. The maximum Gasteiger partial charge on any atom is 0.296 e. The van der Waals surface area contributed by atoms with E-state index >= 15 is 0 Å². The van der Waals surface area contributed by atoms with Crippen molar-refractivity contribution in [3.05, 3.63) is 54.1 Å². The Labute approximate surface area is 189 Å². The number of benzene rings is 2. The largest absolute Gasteiger partial charge is 0.494 e. The molecule has 3 rings (SSSR count). The monoisotopic (exact) mass is 458 g/mol. The Morgan fingerprint density at radius 1 is 0.969 bits per heavy atom. The van der Waals surface area contributed by atoms with Crippen molar-refractivity contribution >= 4 is 10.1 Å². The van der Waals surface area contributed by atoms with Gasteiger partial charge in [0.1, 0.15) is 5.75 Å². The average molecular weight is 459 g/mol. The third kappa shape index (κ3) is 6.61. The summed E-state index contributed by atoms with van der Waals surface area (Å²) in [4.78, 5) is 1.72. The molecule has 0 bridgehead atoms. The van der Waals surface area contributed by atoms with E-state index in [1.165, 1.54) is 4.80 Å². The molecule has 0 atom stereocenters. The highest BCUT2D eigenvalue weighted by atomic mass is 32.2. The Balaban J connectivity index is 1.44. The average Bonchev–Trinajstić information content (AvgIpc) is 3.23. The summed E-state index contributed by atoms with van der Waals surface area (Å²) in [5.41, 5.74) is 1.75. The molecule has 0 fully saturated rings. The van der Waals surface area contributed by atoms with Crippen LogP contribution in [-0.4, -0.2) is 41.8 Å². The molecule has 1 aromatic heterocycles. The summed E-state index contributed by atoms with van der Waals surface area (Å²) in [7, 11) is -3.74. The van der Waals surface area contributed by atoms with Crippen molar-refractivity contribution < 1.29 is 17.3 Å². The molecule has 32 heavy (non-hydrogen) atoms. The van der Waals surface area contributed by atoms with Crippen molar-refractivity contribution in [2.45, 2.75) is 52.0 Å². The Morgan fingerprint density at radius 3 is 2.25 bits per heavy atom. The lowest BCUT2D eigenvalue weighted by Gasteiger charge is -2.24. The highest BCUT2D eigenvalue weighted by Crippen LogP contribution is 2.27. The standard InChI is InChI=1S/C23H30N4O4S/c1-5-27-25-22(24-26-27)19-8-10-20(11-9-19)30-16-14-23(3,4)15-17-31-32(28,29)21-12-6-18(2)7-13-21/h6-13H,5,14-17H2,1-4H3. The first-order valence-electron chi connectivity index (χ1n) is 10.7. The topological polar surface area (TPSA) is 96.2 Å². The fourth-order valence-electron chi connectivity index (χ4n) is 2.96. The fraction of sp³-hybridized carbons (Fsp3) is 0.435. The molecule has 1 heterocycles.